The van der Waals surface area contributed by atoms with Crippen molar-refractivity contribution in [1.82, 2.24) is 0 Å². The van der Waals surface area contributed by atoms with Gasteiger partial charge in [-0.15, -0.1) is 0 Å². The van der Waals surface area contributed by atoms with Crippen molar-refractivity contribution in [1.29, 1.82) is 0 Å². The molecule has 0 aliphatic heterocycles. The molecule has 0 amide bonds. The minimum absolute atomic E-state index is 1.19. The standard InChI is InChI=1S/C15H31Br.C5H12/c1-2-3-4-5-6-7-8-9-10-11-12-13-14-15-16;1-3-5-4-2/h2-15H2,1H3;3-5H2,1-2H3. The largest absolute Gasteiger partial charge is 0.0928 e. The Morgan fingerprint density at radius 3 is 0.905 bits per heavy atom. The number of halogens is 1. The molecule has 0 aliphatic carbocycles. The topological polar surface area (TPSA) is 0 Å². The molecule has 1 heteroatoms. The predicted octanol–water partition coefficient (Wildman–Crippen LogP) is 8.67. The van der Waals surface area contributed by atoms with Crippen LogP contribution < -0.4 is 0 Å². The van der Waals surface area contributed by atoms with Crippen molar-refractivity contribution in [2.45, 2.75) is 124 Å². The molecule has 0 unspecified atom stereocenters. The number of alkyl halides is 1. The molecule has 0 radical (unpaired) electrons. The Balaban J connectivity index is 0. The number of rotatable bonds is 15. The molecule has 0 bridgehead atoms. The summed E-state index contributed by atoms with van der Waals surface area (Å²) in [7, 11) is 0. The molecule has 0 saturated carbocycles. The molecule has 0 heterocycles. The van der Waals surface area contributed by atoms with Gasteiger partial charge in [0.1, 0.15) is 0 Å². The lowest BCUT2D eigenvalue weighted by molar-refractivity contribution is 0.543. The van der Waals surface area contributed by atoms with Gasteiger partial charge in [0.15, 0.2) is 0 Å². The first-order chi connectivity index (χ1) is 10.3. The van der Waals surface area contributed by atoms with Crippen molar-refractivity contribution < 1.29 is 0 Å². The van der Waals surface area contributed by atoms with Gasteiger partial charge in [0, 0.05) is 5.33 Å². The average molecular weight is 363 g/mol. The molecule has 21 heavy (non-hydrogen) atoms. The summed E-state index contributed by atoms with van der Waals surface area (Å²) in [6, 6.07) is 0. The lowest BCUT2D eigenvalue weighted by Gasteiger charge is -2.02. The summed E-state index contributed by atoms with van der Waals surface area (Å²) in [5.41, 5.74) is 0. The van der Waals surface area contributed by atoms with Gasteiger partial charge in [0.05, 0.1) is 0 Å². The van der Waals surface area contributed by atoms with Gasteiger partial charge in [-0.25, -0.2) is 0 Å². The molecule has 0 N–H and O–H groups in total. The van der Waals surface area contributed by atoms with Gasteiger partial charge in [-0.2, -0.15) is 0 Å². The Bertz CT molecular complexity index is 129. The molecule has 0 nitrogen and oxygen atoms in total. The third-order valence-electron chi connectivity index (χ3n) is 3.94. The zero-order valence-corrected chi connectivity index (χ0v) is 17.0. The Labute approximate surface area is 145 Å². The van der Waals surface area contributed by atoms with Crippen LogP contribution >= 0.6 is 15.9 Å². The van der Waals surface area contributed by atoms with E-state index in [1.54, 1.807) is 0 Å². The maximum Gasteiger partial charge on any atom is 0.00313 e. The van der Waals surface area contributed by atoms with E-state index in [9.17, 15) is 0 Å². The first kappa shape index (κ1) is 23.7. The van der Waals surface area contributed by atoms with Gasteiger partial charge in [0.25, 0.3) is 0 Å². The zero-order chi connectivity index (χ0) is 16.0. The van der Waals surface area contributed by atoms with Gasteiger partial charge >= 0.3 is 0 Å². The van der Waals surface area contributed by atoms with E-state index in [0.717, 1.165) is 0 Å². The molecule has 0 saturated heterocycles. The van der Waals surface area contributed by atoms with Crippen molar-refractivity contribution in [3.8, 4) is 0 Å². The quantitative estimate of drug-likeness (QED) is 0.202. The van der Waals surface area contributed by atoms with Crippen molar-refractivity contribution in [3.63, 3.8) is 0 Å². The second-order valence-corrected chi connectivity index (χ2v) is 7.08. The van der Waals surface area contributed by atoms with Crippen LogP contribution in [0.5, 0.6) is 0 Å². The summed E-state index contributed by atoms with van der Waals surface area (Å²) in [5.74, 6) is 0. The molecular formula is C20H43Br. The number of unbranched alkanes of at least 4 members (excludes halogenated alkanes) is 14. The molecule has 0 rings (SSSR count). The highest BCUT2D eigenvalue weighted by Crippen LogP contribution is 2.12. The van der Waals surface area contributed by atoms with Gasteiger partial charge in [-0.05, 0) is 6.42 Å². The maximum absolute atomic E-state index is 3.48. The van der Waals surface area contributed by atoms with Crippen LogP contribution in [0.1, 0.15) is 124 Å². The van der Waals surface area contributed by atoms with E-state index in [1.165, 1.54) is 108 Å². The van der Waals surface area contributed by atoms with Crippen molar-refractivity contribution >= 4 is 15.9 Å². The summed E-state index contributed by atoms with van der Waals surface area (Å²) >= 11 is 3.48. The van der Waals surface area contributed by atoms with E-state index < -0.39 is 0 Å². The summed E-state index contributed by atoms with van der Waals surface area (Å²) in [4.78, 5) is 0. The van der Waals surface area contributed by atoms with Crippen LogP contribution in [0.15, 0.2) is 0 Å². The fourth-order valence-corrected chi connectivity index (χ4v) is 2.86. The monoisotopic (exact) mass is 362 g/mol. The van der Waals surface area contributed by atoms with E-state index >= 15 is 0 Å². The molecule has 0 atom stereocenters. The maximum atomic E-state index is 3.48. The Kier molecular flexibility index (Phi) is 28.8. The van der Waals surface area contributed by atoms with Crippen LogP contribution in [0.4, 0.5) is 0 Å². The fourth-order valence-electron chi connectivity index (χ4n) is 2.47. The Hall–Kier alpha value is 0.480. The van der Waals surface area contributed by atoms with E-state index in [4.69, 9.17) is 0 Å². The molecule has 130 valence electrons. The van der Waals surface area contributed by atoms with E-state index in [-0.39, 0.29) is 0 Å². The smallest absolute Gasteiger partial charge is 0.00313 e. The molecule has 0 aromatic rings. The molecule has 0 spiro atoms. The molecule has 0 aliphatic rings. The summed E-state index contributed by atoms with van der Waals surface area (Å²) < 4.78 is 0. The van der Waals surface area contributed by atoms with Crippen molar-refractivity contribution in [2.75, 3.05) is 5.33 Å². The fraction of sp³-hybridized carbons (Fsp3) is 1.00. The normalized spacial score (nSPS) is 10.3. The lowest BCUT2D eigenvalue weighted by Crippen LogP contribution is -1.83. The van der Waals surface area contributed by atoms with Crippen LogP contribution in [0.25, 0.3) is 0 Å². The van der Waals surface area contributed by atoms with Gasteiger partial charge in [-0.1, -0.05) is 133 Å². The summed E-state index contributed by atoms with van der Waals surface area (Å²) in [5, 5.41) is 1.19. The Morgan fingerprint density at radius 1 is 0.381 bits per heavy atom. The number of hydrogen-bond acceptors (Lipinski definition) is 0. The van der Waals surface area contributed by atoms with E-state index in [2.05, 4.69) is 36.7 Å². The molecule has 0 fully saturated rings. The predicted molar refractivity (Wildman–Crippen MR) is 105 cm³/mol. The SMILES string of the molecule is CCCCC.CCCCCCCCCCCCCCCBr. The third kappa shape index (κ3) is 29.2. The van der Waals surface area contributed by atoms with Crippen LogP contribution in [0.3, 0.4) is 0 Å². The number of hydrogen-bond donors (Lipinski definition) is 0. The second-order valence-electron chi connectivity index (χ2n) is 6.29. The summed E-state index contributed by atoms with van der Waals surface area (Å²) in [6.45, 7) is 6.71. The molecule has 0 aromatic heterocycles. The zero-order valence-electron chi connectivity index (χ0n) is 15.4. The molecule has 0 aromatic carbocycles. The second kappa shape index (κ2) is 25.4. The first-order valence-electron chi connectivity index (χ1n) is 9.89. The lowest BCUT2D eigenvalue weighted by atomic mass is 10.1. The highest BCUT2D eigenvalue weighted by atomic mass is 79.9. The van der Waals surface area contributed by atoms with Crippen LogP contribution in [0.2, 0.25) is 0 Å². The Morgan fingerprint density at radius 2 is 0.667 bits per heavy atom. The van der Waals surface area contributed by atoms with Gasteiger partial charge in [-0.3, -0.25) is 0 Å². The van der Waals surface area contributed by atoms with Crippen LogP contribution in [0, 0.1) is 0 Å². The highest BCUT2D eigenvalue weighted by molar-refractivity contribution is 9.09. The van der Waals surface area contributed by atoms with Gasteiger partial charge < -0.3 is 0 Å². The first-order valence-corrected chi connectivity index (χ1v) is 11.0. The molecular weight excluding hydrogens is 320 g/mol. The van der Waals surface area contributed by atoms with Gasteiger partial charge in [0.2, 0.25) is 0 Å². The van der Waals surface area contributed by atoms with Crippen molar-refractivity contribution in [3.05, 3.63) is 0 Å². The average Bonchev–Trinajstić information content (AvgIpc) is 2.50. The van der Waals surface area contributed by atoms with Crippen LogP contribution in [-0.2, 0) is 0 Å². The van der Waals surface area contributed by atoms with E-state index in [1.807, 2.05) is 0 Å². The van der Waals surface area contributed by atoms with E-state index in [0.29, 0.717) is 0 Å². The summed E-state index contributed by atoms with van der Waals surface area (Å²) in [6.07, 6.45) is 22.9. The highest BCUT2D eigenvalue weighted by Gasteiger charge is 1.92. The third-order valence-corrected chi connectivity index (χ3v) is 4.51. The van der Waals surface area contributed by atoms with Crippen molar-refractivity contribution in [2.24, 2.45) is 0 Å². The minimum atomic E-state index is 1.19. The van der Waals surface area contributed by atoms with Crippen LogP contribution in [-0.4, -0.2) is 5.33 Å². The minimum Gasteiger partial charge on any atom is -0.0928 e.